The lowest BCUT2D eigenvalue weighted by Gasteiger charge is -2.17. The average Bonchev–Trinajstić information content (AvgIpc) is 2.99. The van der Waals surface area contributed by atoms with Crippen LogP contribution in [0.1, 0.15) is 43.9 Å². The summed E-state index contributed by atoms with van der Waals surface area (Å²) in [4.78, 5) is 33.3. The van der Waals surface area contributed by atoms with Crippen LogP contribution in [0.3, 0.4) is 0 Å². The molecule has 0 atom stereocenters. The van der Waals surface area contributed by atoms with E-state index in [1.54, 1.807) is 38.4 Å². The molecule has 0 aliphatic rings. The van der Waals surface area contributed by atoms with Gasteiger partial charge in [0.1, 0.15) is 11.4 Å². The molecule has 216 valence electrons. The van der Waals surface area contributed by atoms with E-state index in [1.165, 1.54) is 7.11 Å². The van der Waals surface area contributed by atoms with Gasteiger partial charge in [-0.25, -0.2) is 9.78 Å². The summed E-state index contributed by atoms with van der Waals surface area (Å²) in [5.74, 6) is 6.43. The fraction of sp³-hybridized carbons (Fsp3) is 0.152. The maximum Gasteiger partial charge on any atom is 0.341 e. The lowest BCUT2D eigenvalue weighted by Crippen LogP contribution is -2.23. The van der Waals surface area contributed by atoms with E-state index in [4.69, 9.17) is 20.9 Å². The van der Waals surface area contributed by atoms with Gasteiger partial charge in [-0.3, -0.25) is 4.79 Å². The van der Waals surface area contributed by atoms with Crippen molar-refractivity contribution >= 4 is 28.6 Å². The van der Waals surface area contributed by atoms with E-state index in [-0.39, 0.29) is 17.3 Å². The van der Waals surface area contributed by atoms with Crippen LogP contribution >= 0.6 is 0 Å². The number of ether oxygens (including phenoxy) is 2. The van der Waals surface area contributed by atoms with Gasteiger partial charge in [-0.05, 0) is 48.4 Å². The summed E-state index contributed by atoms with van der Waals surface area (Å²) in [5, 5.41) is 10.1. The Bertz CT molecular complexity index is 1990. The molecule has 0 aliphatic carbocycles. The quantitative estimate of drug-likeness (QED) is 0.244. The Labute approximate surface area is 247 Å². The standard InChI is InChI=1S/C33H29N5O5/c1-19-28(32(40)41)29(39)25-12-10-20(15-26(25)38(19)18-21-7-5-4-6-8-21)9-11-23-13-22(16-27(42-2)30(23)43-3)14-24-17-36-33(35)37-31(24)34/h4-8,10,12-13,15-17H,14,18H2,1-3H3,(H,40,41)(H4,34,35,36,37). The number of carbonyl (C=O) groups is 1. The van der Waals surface area contributed by atoms with Crippen molar-refractivity contribution < 1.29 is 19.4 Å². The summed E-state index contributed by atoms with van der Waals surface area (Å²) in [6, 6.07) is 18.5. The van der Waals surface area contributed by atoms with E-state index in [0.29, 0.717) is 57.8 Å². The van der Waals surface area contributed by atoms with E-state index >= 15 is 0 Å². The van der Waals surface area contributed by atoms with Gasteiger partial charge in [-0.15, -0.1) is 0 Å². The third kappa shape index (κ3) is 5.83. The molecule has 5 rings (SSSR count). The van der Waals surface area contributed by atoms with Gasteiger partial charge < -0.3 is 30.6 Å². The third-order valence-corrected chi connectivity index (χ3v) is 7.12. The lowest BCUT2D eigenvalue weighted by molar-refractivity contribution is 0.0694. The Morgan fingerprint density at radius 1 is 1.00 bits per heavy atom. The molecule has 5 aromatic rings. The van der Waals surface area contributed by atoms with Crippen molar-refractivity contribution in [3.05, 3.63) is 116 Å². The van der Waals surface area contributed by atoms with E-state index in [2.05, 4.69) is 21.8 Å². The second-order valence-corrected chi connectivity index (χ2v) is 9.84. The highest BCUT2D eigenvalue weighted by atomic mass is 16.5. The zero-order chi connectivity index (χ0) is 30.7. The van der Waals surface area contributed by atoms with Crippen LogP contribution in [0.2, 0.25) is 0 Å². The maximum absolute atomic E-state index is 13.2. The molecule has 0 bridgehead atoms. The monoisotopic (exact) mass is 575 g/mol. The SMILES string of the molecule is COc1cc(Cc2cnc(N)nc2N)cc(C#Cc2ccc3c(=O)c(C(=O)O)c(C)n(Cc4ccccc4)c3c2)c1OC. The van der Waals surface area contributed by atoms with Crippen molar-refractivity contribution in [2.24, 2.45) is 0 Å². The summed E-state index contributed by atoms with van der Waals surface area (Å²) in [7, 11) is 3.08. The van der Waals surface area contributed by atoms with Gasteiger partial charge in [-0.1, -0.05) is 42.2 Å². The summed E-state index contributed by atoms with van der Waals surface area (Å²) < 4.78 is 13.0. The fourth-order valence-electron chi connectivity index (χ4n) is 5.01. The molecule has 10 nitrogen and oxygen atoms in total. The second kappa shape index (κ2) is 12.0. The van der Waals surface area contributed by atoms with Crippen LogP contribution < -0.4 is 26.4 Å². The van der Waals surface area contributed by atoms with Gasteiger partial charge in [-0.2, -0.15) is 4.98 Å². The third-order valence-electron chi connectivity index (χ3n) is 7.12. The number of pyridine rings is 1. The Kier molecular flexibility index (Phi) is 7.98. The zero-order valence-corrected chi connectivity index (χ0v) is 23.8. The largest absolute Gasteiger partial charge is 0.493 e. The lowest BCUT2D eigenvalue weighted by atomic mass is 10.0. The van der Waals surface area contributed by atoms with Crippen LogP contribution in [0.5, 0.6) is 11.5 Å². The summed E-state index contributed by atoms with van der Waals surface area (Å²) >= 11 is 0. The number of nitrogen functional groups attached to an aromatic ring is 2. The van der Waals surface area contributed by atoms with Crippen LogP contribution in [0.15, 0.2) is 71.7 Å². The minimum atomic E-state index is -1.26. The van der Waals surface area contributed by atoms with Gasteiger partial charge in [0.05, 0.1) is 25.3 Å². The number of rotatable bonds is 7. The first-order chi connectivity index (χ1) is 20.7. The van der Waals surface area contributed by atoms with Crippen LogP contribution in [-0.2, 0) is 13.0 Å². The Morgan fingerprint density at radius 3 is 2.44 bits per heavy atom. The molecule has 0 aliphatic heterocycles. The number of carboxylic acid groups (broad SMARTS) is 1. The normalized spacial score (nSPS) is 10.7. The number of carboxylic acids is 1. The number of anilines is 2. The van der Waals surface area contributed by atoms with E-state index in [0.717, 1.165) is 11.1 Å². The van der Waals surface area contributed by atoms with Gasteiger partial charge in [0, 0.05) is 41.4 Å². The number of fused-ring (bicyclic) bond motifs is 1. The molecular formula is C33H29N5O5. The van der Waals surface area contributed by atoms with Gasteiger partial charge in [0.2, 0.25) is 11.4 Å². The Balaban J connectivity index is 1.62. The highest BCUT2D eigenvalue weighted by Gasteiger charge is 2.20. The van der Waals surface area contributed by atoms with Crippen molar-refractivity contribution in [1.29, 1.82) is 0 Å². The number of methoxy groups -OCH3 is 2. The molecule has 0 saturated heterocycles. The molecule has 0 radical (unpaired) electrons. The molecule has 5 N–H and O–H groups in total. The topological polar surface area (TPSA) is 156 Å². The summed E-state index contributed by atoms with van der Waals surface area (Å²) in [6.45, 7) is 2.03. The summed E-state index contributed by atoms with van der Waals surface area (Å²) in [6.07, 6.45) is 2.00. The van der Waals surface area contributed by atoms with Crippen molar-refractivity contribution in [3.8, 4) is 23.3 Å². The van der Waals surface area contributed by atoms with Crippen molar-refractivity contribution in [2.45, 2.75) is 19.9 Å². The zero-order valence-electron chi connectivity index (χ0n) is 23.8. The number of aromatic carboxylic acids is 1. The average molecular weight is 576 g/mol. The second-order valence-electron chi connectivity index (χ2n) is 9.84. The smallest absolute Gasteiger partial charge is 0.341 e. The van der Waals surface area contributed by atoms with Gasteiger partial charge >= 0.3 is 5.97 Å². The number of aromatic nitrogens is 3. The summed E-state index contributed by atoms with van der Waals surface area (Å²) in [5.41, 5.74) is 15.6. The molecule has 0 saturated carbocycles. The molecule has 3 aromatic carbocycles. The van der Waals surface area contributed by atoms with Crippen molar-refractivity contribution in [3.63, 3.8) is 0 Å². The van der Waals surface area contributed by atoms with Crippen LogP contribution in [0.25, 0.3) is 10.9 Å². The first kappa shape index (κ1) is 28.7. The Morgan fingerprint density at radius 2 is 1.77 bits per heavy atom. The minimum absolute atomic E-state index is 0.0964. The minimum Gasteiger partial charge on any atom is -0.493 e. The molecule has 0 spiro atoms. The van der Waals surface area contributed by atoms with Gasteiger partial charge in [0.15, 0.2) is 11.5 Å². The molecule has 43 heavy (non-hydrogen) atoms. The highest BCUT2D eigenvalue weighted by molar-refractivity contribution is 5.94. The first-order valence-corrected chi connectivity index (χ1v) is 13.3. The highest BCUT2D eigenvalue weighted by Crippen LogP contribution is 2.33. The number of nitrogens with two attached hydrogens (primary N) is 2. The number of benzene rings is 3. The van der Waals surface area contributed by atoms with Crippen LogP contribution in [-0.4, -0.2) is 39.8 Å². The molecule has 0 unspecified atom stereocenters. The van der Waals surface area contributed by atoms with E-state index in [1.807, 2.05) is 47.0 Å². The number of nitrogens with zero attached hydrogens (tertiary/aromatic N) is 3. The van der Waals surface area contributed by atoms with Crippen LogP contribution in [0.4, 0.5) is 11.8 Å². The number of hydrogen-bond donors (Lipinski definition) is 3. The molecule has 2 aromatic heterocycles. The van der Waals surface area contributed by atoms with Gasteiger partial charge in [0.25, 0.3) is 0 Å². The fourth-order valence-corrected chi connectivity index (χ4v) is 5.01. The molecule has 0 fully saturated rings. The Hall–Kier alpha value is -5.82. The molecular weight excluding hydrogens is 546 g/mol. The number of hydrogen-bond acceptors (Lipinski definition) is 8. The first-order valence-electron chi connectivity index (χ1n) is 13.3. The molecule has 10 heteroatoms. The van der Waals surface area contributed by atoms with Crippen molar-refractivity contribution in [1.82, 2.24) is 14.5 Å². The predicted molar refractivity (Wildman–Crippen MR) is 165 cm³/mol. The van der Waals surface area contributed by atoms with E-state index in [9.17, 15) is 14.7 Å². The molecule has 2 heterocycles. The van der Waals surface area contributed by atoms with Crippen molar-refractivity contribution in [2.75, 3.05) is 25.7 Å². The van der Waals surface area contributed by atoms with Crippen LogP contribution in [0, 0.1) is 18.8 Å². The maximum atomic E-state index is 13.2. The van der Waals surface area contributed by atoms with E-state index < -0.39 is 11.4 Å². The predicted octanol–water partition coefficient (Wildman–Crippen LogP) is 4.02. The molecule has 0 amide bonds.